The highest BCUT2D eigenvalue weighted by Gasteiger charge is 2.19. The average Bonchev–Trinajstić information content (AvgIpc) is 2.96. The van der Waals surface area contributed by atoms with Gasteiger partial charge in [-0.05, 0) is 43.8 Å². The first-order chi connectivity index (χ1) is 9.52. The van der Waals surface area contributed by atoms with Crippen LogP contribution in [0, 0.1) is 13.8 Å². The number of anilines is 1. The minimum Gasteiger partial charge on any atom is -0.462 e. The number of hydrogen-bond acceptors (Lipinski definition) is 5. The Kier molecular flexibility index (Phi) is 4.57. The normalized spacial score (nSPS) is 10.3. The zero-order chi connectivity index (χ0) is 14.7. The number of aryl methyl sites for hydroxylation is 2. The molecule has 1 amide bonds. The minimum absolute atomic E-state index is 0.190. The van der Waals surface area contributed by atoms with Crippen molar-refractivity contribution in [1.29, 1.82) is 0 Å². The van der Waals surface area contributed by atoms with E-state index in [1.54, 1.807) is 13.0 Å². The van der Waals surface area contributed by atoms with Gasteiger partial charge in [-0.2, -0.15) is 0 Å². The van der Waals surface area contributed by atoms with Crippen LogP contribution in [0.2, 0.25) is 0 Å². The summed E-state index contributed by atoms with van der Waals surface area (Å²) in [4.78, 5) is 25.6. The predicted octanol–water partition coefficient (Wildman–Crippen LogP) is 3.86. The van der Waals surface area contributed by atoms with E-state index in [1.165, 1.54) is 22.7 Å². The Morgan fingerprint density at radius 3 is 2.70 bits per heavy atom. The lowest BCUT2D eigenvalue weighted by atomic mass is 10.2. The number of carbonyl (C=O) groups excluding carboxylic acids is 2. The first kappa shape index (κ1) is 14.7. The van der Waals surface area contributed by atoms with Gasteiger partial charge in [0.05, 0.1) is 17.0 Å². The number of carbonyl (C=O) groups is 2. The van der Waals surface area contributed by atoms with Gasteiger partial charge in [-0.25, -0.2) is 4.79 Å². The van der Waals surface area contributed by atoms with Crippen LogP contribution >= 0.6 is 22.7 Å². The van der Waals surface area contributed by atoms with Gasteiger partial charge in [0.1, 0.15) is 5.00 Å². The lowest BCUT2D eigenvalue weighted by Gasteiger charge is -2.05. The number of hydrogen-bond donors (Lipinski definition) is 1. The van der Waals surface area contributed by atoms with Gasteiger partial charge >= 0.3 is 5.97 Å². The molecule has 0 saturated carbocycles. The Bertz CT molecular complexity index is 643. The summed E-state index contributed by atoms with van der Waals surface area (Å²) in [6.07, 6.45) is 0. The first-order valence-corrected chi connectivity index (χ1v) is 7.85. The second-order valence-electron chi connectivity index (χ2n) is 4.21. The van der Waals surface area contributed by atoms with Gasteiger partial charge < -0.3 is 10.1 Å². The van der Waals surface area contributed by atoms with Crippen LogP contribution in [0.3, 0.4) is 0 Å². The van der Waals surface area contributed by atoms with Crippen molar-refractivity contribution >= 4 is 39.6 Å². The van der Waals surface area contributed by atoms with E-state index in [2.05, 4.69) is 5.32 Å². The second kappa shape index (κ2) is 6.19. The van der Waals surface area contributed by atoms with Crippen molar-refractivity contribution in [2.24, 2.45) is 0 Å². The monoisotopic (exact) mass is 309 g/mol. The van der Waals surface area contributed by atoms with E-state index < -0.39 is 5.97 Å². The topological polar surface area (TPSA) is 55.4 Å². The van der Waals surface area contributed by atoms with Crippen molar-refractivity contribution in [2.45, 2.75) is 20.8 Å². The first-order valence-electron chi connectivity index (χ1n) is 6.16. The van der Waals surface area contributed by atoms with Crippen LogP contribution in [0.4, 0.5) is 5.00 Å². The maximum Gasteiger partial charge on any atom is 0.341 e. The van der Waals surface area contributed by atoms with Crippen molar-refractivity contribution in [3.05, 3.63) is 38.4 Å². The van der Waals surface area contributed by atoms with E-state index in [0.717, 1.165) is 10.4 Å². The Morgan fingerprint density at radius 1 is 1.35 bits per heavy atom. The van der Waals surface area contributed by atoms with Crippen molar-refractivity contribution in [1.82, 2.24) is 0 Å². The van der Waals surface area contributed by atoms with Crippen LogP contribution in [-0.2, 0) is 4.74 Å². The Morgan fingerprint density at radius 2 is 2.10 bits per heavy atom. The fourth-order valence-corrected chi connectivity index (χ4v) is 3.45. The van der Waals surface area contributed by atoms with Gasteiger partial charge in [0.25, 0.3) is 5.91 Å². The highest BCUT2D eigenvalue weighted by atomic mass is 32.1. The third kappa shape index (κ3) is 3.08. The molecule has 0 aromatic carbocycles. The van der Waals surface area contributed by atoms with Gasteiger partial charge in [0.2, 0.25) is 0 Å². The molecule has 0 spiro atoms. The van der Waals surface area contributed by atoms with E-state index in [9.17, 15) is 9.59 Å². The molecule has 0 saturated heterocycles. The summed E-state index contributed by atoms with van der Waals surface area (Å²) in [6, 6.07) is 3.63. The number of nitrogens with one attached hydrogen (secondary N) is 1. The Hall–Kier alpha value is -1.66. The molecular weight excluding hydrogens is 294 g/mol. The summed E-state index contributed by atoms with van der Waals surface area (Å²) < 4.78 is 5.00. The number of esters is 1. The van der Waals surface area contributed by atoms with Crippen molar-refractivity contribution in [2.75, 3.05) is 11.9 Å². The molecule has 2 aromatic heterocycles. The highest BCUT2D eigenvalue weighted by molar-refractivity contribution is 7.17. The van der Waals surface area contributed by atoms with E-state index in [1.807, 2.05) is 25.3 Å². The van der Waals surface area contributed by atoms with Crippen LogP contribution < -0.4 is 5.32 Å². The molecule has 0 fully saturated rings. The van der Waals surface area contributed by atoms with Gasteiger partial charge in [-0.1, -0.05) is 0 Å². The fraction of sp³-hybridized carbons (Fsp3) is 0.286. The lowest BCUT2D eigenvalue weighted by Crippen LogP contribution is -2.13. The van der Waals surface area contributed by atoms with Gasteiger partial charge in [0.15, 0.2) is 0 Å². The van der Waals surface area contributed by atoms with E-state index in [-0.39, 0.29) is 5.91 Å². The van der Waals surface area contributed by atoms with E-state index in [4.69, 9.17) is 4.74 Å². The molecule has 6 heteroatoms. The standard InChI is InChI=1S/C14H15NO3S2/c1-4-18-14(17)10-7-9(3)20-13(10)15-12(16)11-8(2)5-6-19-11/h5-7H,4H2,1-3H3,(H,15,16). The molecule has 0 bridgehead atoms. The van der Waals surface area contributed by atoms with Crippen LogP contribution in [-0.4, -0.2) is 18.5 Å². The molecule has 0 aliphatic carbocycles. The Labute approximate surface area is 125 Å². The zero-order valence-corrected chi connectivity index (χ0v) is 13.1. The van der Waals surface area contributed by atoms with Gasteiger partial charge in [-0.15, -0.1) is 22.7 Å². The molecular formula is C14H15NO3S2. The molecule has 1 N–H and O–H groups in total. The predicted molar refractivity (Wildman–Crippen MR) is 82.0 cm³/mol. The SMILES string of the molecule is CCOC(=O)c1cc(C)sc1NC(=O)c1sccc1C. The van der Waals surface area contributed by atoms with Crippen LogP contribution in [0.15, 0.2) is 17.5 Å². The third-order valence-corrected chi connectivity index (χ3v) is 4.63. The lowest BCUT2D eigenvalue weighted by molar-refractivity contribution is 0.0528. The third-order valence-electron chi connectivity index (χ3n) is 2.65. The molecule has 106 valence electrons. The zero-order valence-electron chi connectivity index (χ0n) is 11.5. The Balaban J connectivity index is 2.23. The minimum atomic E-state index is -0.407. The summed E-state index contributed by atoms with van der Waals surface area (Å²) >= 11 is 2.76. The van der Waals surface area contributed by atoms with E-state index >= 15 is 0 Å². The molecule has 0 atom stereocenters. The quantitative estimate of drug-likeness (QED) is 0.873. The number of thiophene rings is 2. The van der Waals surface area contributed by atoms with E-state index in [0.29, 0.717) is 22.0 Å². The van der Waals surface area contributed by atoms with Crippen molar-refractivity contribution in [3.8, 4) is 0 Å². The number of rotatable bonds is 4. The second-order valence-corrected chi connectivity index (χ2v) is 6.38. The molecule has 2 rings (SSSR count). The van der Waals surface area contributed by atoms with Crippen LogP contribution in [0.25, 0.3) is 0 Å². The highest BCUT2D eigenvalue weighted by Crippen LogP contribution is 2.29. The average molecular weight is 309 g/mol. The molecule has 0 unspecified atom stereocenters. The number of ether oxygens (including phenoxy) is 1. The van der Waals surface area contributed by atoms with Crippen LogP contribution in [0.1, 0.15) is 37.4 Å². The molecule has 2 heterocycles. The summed E-state index contributed by atoms with van der Waals surface area (Å²) in [6.45, 7) is 5.84. The summed E-state index contributed by atoms with van der Waals surface area (Å²) in [7, 11) is 0. The summed E-state index contributed by atoms with van der Waals surface area (Å²) in [5.74, 6) is -0.597. The van der Waals surface area contributed by atoms with Crippen molar-refractivity contribution in [3.63, 3.8) is 0 Å². The van der Waals surface area contributed by atoms with Crippen molar-refractivity contribution < 1.29 is 14.3 Å². The molecule has 4 nitrogen and oxygen atoms in total. The summed E-state index contributed by atoms with van der Waals surface area (Å²) in [5, 5.41) is 5.21. The maximum atomic E-state index is 12.2. The maximum absolute atomic E-state index is 12.2. The number of amides is 1. The van der Waals surface area contributed by atoms with Crippen LogP contribution in [0.5, 0.6) is 0 Å². The fourth-order valence-electron chi connectivity index (χ4n) is 1.73. The molecule has 0 aliphatic rings. The molecule has 0 radical (unpaired) electrons. The molecule has 2 aromatic rings. The smallest absolute Gasteiger partial charge is 0.341 e. The van der Waals surface area contributed by atoms with Gasteiger partial charge in [-0.3, -0.25) is 4.79 Å². The molecule has 0 aliphatic heterocycles. The molecule has 20 heavy (non-hydrogen) atoms. The summed E-state index contributed by atoms with van der Waals surface area (Å²) in [5.41, 5.74) is 1.34. The largest absolute Gasteiger partial charge is 0.462 e. The van der Waals surface area contributed by atoms with Gasteiger partial charge in [0, 0.05) is 4.88 Å².